The molecule has 0 saturated carbocycles. The number of hydrogen-bond acceptors (Lipinski definition) is 2. The lowest BCUT2D eigenvalue weighted by Gasteiger charge is -2.27. The van der Waals surface area contributed by atoms with Crippen molar-refractivity contribution >= 4 is 5.91 Å². The van der Waals surface area contributed by atoms with Crippen LogP contribution in [0.4, 0.5) is 0 Å². The standard InChI is InChI=1S/C11H22N2O/c1-10(12-2)9-13-8-6-4-3-5-7-11(13)14/h10,12H,3-9H2,1-2H3. The first-order chi connectivity index (χ1) is 6.74. The van der Waals surface area contributed by atoms with E-state index in [1.54, 1.807) is 0 Å². The monoisotopic (exact) mass is 198 g/mol. The van der Waals surface area contributed by atoms with Gasteiger partial charge in [0.25, 0.3) is 0 Å². The van der Waals surface area contributed by atoms with Crippen molar-refractivity contribution in [2.45, 2.75) is 45.1 Å². The highest BCUT2D eigenvalue weighted by Gasteiger charge is 2.16. The molecule has 1 unspecified atom stereocenters. The Morgan fingerprint density at radius 3 is 2.79 bits per heavy atom. The molecule has 1 N–H and O–H groups in total. The van der Waals surface area contributed by atoms with E-state index in [9.17, 15) is 4.79 Å². The van der Waals surface area contributed by atoms with E-state index in [1.165, 1.54) is 19.3 Å². The Morgan fingerprint density at radius 2 is 2.07 bits per heavy atom. The summed E-state index contributed by atoms with van der Waals surface area (Å²) < 4.78 is 0. The maximum absolute atomic E-state index is 11.7. The molecule has 3 heteroatoms. The van der Waals surface area contributed by atoms with Gasteiger partial charge in [-0.3, -0.25) is 4.79 Å². The normalized spacial score (nSPS) is 21.6. The van der Waals surface area contributed by atoms with Crippen molar-refractivity contribution in [2.24, 2.45) is 0 Å². The van der Waals surface area contributed by atoms with E-state index in [-0.39, 0.29) is 0 Å². The summed E-state index contributed by atoms with van der Waals surface area (Å²) >= 11 is 0. The fourth-order valence-electron chi connectivity index (χ4n) is 1.83. The van der Waals surface area contributed by atoms with Gasteiger partial charge in [0.05, 0.1) is 0 Å². The van der Waals surface area contributed by atoms with E-state index < -0.39 is 0 Å². The summed E-state index contributed by atoms with van der Waals surface area (Å²) in [6.07, 6.45) is 5.49. The van der Waals surface area contributed by atoms with Gasteiger partial charge in [-0.1, -0.05) is 12.8 Å². The number of likely N-dealkylation sites (tertiary alicyclic amines) is 1. The topological polar surface area (TPSA) is 32.3 Å². The molecule has 1 aliphatic heterocycles. The van der Waals surface area contributed by atoms with Crippen LogP contribution in [-0.2, 0) is 4.79 Å². The highest BCUT2D eigenvalue weighted by molar-refractivity contribution is 5.76. The van der Waals surface area contributed by atoms with Crippen LogP contribution in [0.25, 0.3) is 0 Å². The number of rotatable bonds is 3. The molecule has 0 aromatic heterocycles. The SMILES string of the molecule is CNC(C)CN1CCCCCCC1=O. The largest absolute Gasteiger partial charge is 0.341 e. The van der Waals surface area contributed by atoms with Crippen LogP contribution in [0.5, 0.6) is 0 Å². The van der Waals surface area contributed by atoms with Crippen molar-refractivity contribution in [2.75, 3.05) is 20.1 Å². The molecule has 1 atom stereocenters. The smallest absolute Gasteiger partial charge is 0.222 e. The van der Waals surface area contributed by atoms with Gasteiger partial charge >= 0.3 is 0 Å². The Morgan fingerprint density at radius 1 is 1.36 bits per heavy atom. The molecule has 1 rings (SSSR count). The van der Waals surface area contributed by atoms with Gasteiger partial charge in [-0.05, 0) is 26.8 Å². The Kier molecular flexibility index (Phi) is 4.94. The number of nitrogens with zero attached hydrogens (tertiary/aromatic N) is 1. The van der Waals surface area contributed by atoms with Crippen LogP contribution in [0.15, 0.2) is 0 Å². The van der Waals surface area contributed by atoms with E-state index in [0.717, 1.165) is 25.9 Å². The van der Waals surface area contributed by atoms with Gasteiger partial charge in [0.2, 0.25) is 5.91 Å². The second-order valence-electron chi connectivity index (χ2n) is 4.19. The summed E-state index contributed by atoms with van der Waals surface area (Å²) in [5, 5.41) is 3.17. The fraction of sp³-hybridized carbons (Fsp3) is 0.909. The van der Waals surface area contributed by atoms with Crippen LogP contribution in [0.3, 0.4) is 0 Å². The Labute approximate surface area is 86.9 Å². The van der Waals surface area contributed by atoms with Gasteiger partial charge < -0.3 is 10.2 Å². The molecule has 82 valence electrons. The van der Waals surface area contributed by atoms with Gasteiger partial charge in [-0.15, -0.1) is 0 Å². The molecule has 0 radical (unpaired) electrons. The molecule has 3 nitrogen and oxygen atoms in total. The summed E-state index contributed by atoms with van der Waals surface area (Å²) in [4.78, 5) is 13.7. The molecule has 0 spiro atoms. The van der Waals surface area contributed by atoms with Gasteiger partial charge in [0, 0.05) is 25.6 Å². The minimum Gasteiger partial charge on any atom is -0.341 e. The summed E-state index contributed by atoms with van der Waals surface area (Å²) in [5.41, 5.74) is 0. The van der Waals surface area contributed by atoms with Gasteiger partial charge in [-0.2, -0.15) is 0 Å². The van der Waals surface area contributed by atoms with Crippen molar-refractivity contribution in [3.8, 4) is 0 Å². The molecule has 1 heterocycles. The maximum Gasteiger partial charge on any atom is 0.222 e. The van der Waals surface area contributed by atoms with Crippen LogP contribution in [-0.4, -0.2) is 37.0 Å². The molecule has 0 aromatic rings. The highest BCUT2D eigenvalue weighted by atomic mass is 16.2. The third-order valence-corrected chi connectivity index (χ3v) is 2.91. The van der Waals surface area contributed by atoms with Crippen LogP contribution in [0.1, 0.15) is 39.0 Å². The van der Waals surface area contributed by atoms with E-state index in [4.69, 9.17) is 0 Å². The maximum atomic E-state index is 11.7. The van der Waals surface area contributed by atoms with E-state index in [1.807, 2.05) is 11.9 Å². The predicted molar refractivity (Wildman–Crippen MR) is 58.2 cm³/mol. The lowest BCUT2D eigenvalue weighted by molar-refractivity contribution is -0.132. The molecule has 0 bridgehead atoms. The molecule has 14 heavy (non-hydrogen) atoms. The average Bonchev–Trinajstić information content (AvgIpc) is 2.17. The molecule has 1 aliphatic rings. The van der Waals surface area contributed by atoms with Crippen molar-refractivity contribution in [3.63, 3.8) is 0 Å². The fourth-order valence-corrected chi connectivity index (χ4v) is 1.83. The molecule has 0 aliphatic carbocycles. The van der Waals surface area contributed by atoms with Crippen molar-refractivity contribution < 1.29 is 4.79 Å². The number of nitrogens with one attached hydrogen (secondary N) is 1. The summed E-state index contributed by atoms with van der Waals surface area (Å²) in [5.74, 6) is 0.340. The van der Waals surface area contributed by atoms with Crippen molar-refractivity contribution in [1.82, 2.24) is 10.2 Å². The van der Waals surface area contributed by atoms with E-state index >= 15 is 0 Å². The third kappa shape index (κ3) is 3.66. The molecular weight excluding hydrogens is 176 g/mol. The minimum atomic E-state index is 0.340. The quantitative estimate of drug-likeness (QED) is 0.743. The van der Waals surface area contributed by atoms with Gasteiger partial charge in [-0.25, -0.2) is 0 Å². The van der Waals surface area contributed by atoms with E-state index in [0.29, 0.717) is 11.9 Å². The zero-order chi connectivity index (χ0) is 10.4. The highest BCUT2D eigenvalue weighted by Crippen LogP contribution is 2.11. The summed E-state index contributed by atoms with van der Waals surface area (Å²) in [6, 6.07) is 0.401. The zero-order valence-corrected chi connectivity index (χ0v) is 9.38. The summed E-state index contributed by atoms with van der Waals surface area (Å²) in [7, 11) is 1.94. The lowest BCUT2D eigenvalue weighted by Crippen LogP contribution is -2.42. The lowest BCUT2D eigenvalue weighted by atomic mass is 10.1. The number of likely N-dealkylation sites (N-methyl/N-ethyl adjacent to an activating group) is 1. The number of amides is 1. The van der Waals surface area contributed by atoms with Crippen molar-refractivity contribution in [1.29, 1.82) is 0 Å². The molecule has 0 aromatic carbocycles. The predicted octanol–water partition coefficient (Wildman–Crippen LogP) is 1.39. The zero-order valence-electron chi connectivity index (χ0n) is 9.38. The second-order valence-corrected chi connectivity index (χ2v) is 4.19. The second kappa shape index (κ2) is 6.02. The van der Waals surface area contributed by atoms with Crippen LogP contribution >= 0.6 is 0 Å². The van der Waals surface area contributed by atoms with Gasteiger partial charge in [0.15, 0.2) is 0 Å². The van der Waals surface area contributed by atoms with E-state index in [2.05, 4.69) is 12.2 Å². The molecule has 1 fully saturated rings. The number of carbonyl (C=O) groups excluding carboxylic acids is 1. The first kappa shape index (κ1) is 11.5. The first-order valence-corrected chi connectivity index (χ1v) is 5.69. The third-order valence-electron chi connectivity index (χ3n) is 2.91. The Hall–Kier alpha value is -0.570. The first-order valence-electron chi connectivity index (χ1n) is 5.69. The van der Waals surface area contributed by atoms with Crippen molar-refractivity contribution in [3.05, 3.63) is 0 Å². The van der Waals surface area contributed by atoms with Gasteiger partial charge in [0.1, 0.15) is 0 Å². The summed E-state index contributed by atoms with van der Waals surface area (Å²) in [6.45, 7) is 3.92. The van der Waals surface area contributed by atoms with Crippen LogP contribution in [0, 0.1) is 0 Å². The number of carbonyl (C=O) groups is 1. The van der Waals surface area contributed by atoms with Crippen LogP contribution < -0.4 is 5.32 Å². The minimum absolute atomic E-state index is 0.340. The number of hydrogen-bond donors (Lipinski definition) is 1. The molecule has 1 saturated heterocycles. The molecule has 1 amide bonds. The Bertz CT molecular complexity index is 182. The van der Waals surface area contributed by atoms with Crippen LogP contribution in [0.2, 0.25) is 0 Å². The average molecular weight is 198 g/mol. The molecular formula is C11H22N2O. The Balaban J connectivity index is 2.41.